The second kappa shape index (κ2) is 13.8. The Bertz CT molecular complexity index is 1920. The van der Waals surface area contributed by atoms with E-state index in [0.717, 1.165) is 16.3 Å². The van der Waals surface area contributed by atoms with Gasteiger partial charge in [-0.2, -0.15) is 9.97 Å². The average Bonchev–Trinajstić information content (AvgIpc) is 3.62. The molecule has 1 fully saturated rings. The van der Waals surface area contributed by atoms with Crippen molar-refractivity contribution in [3.05, 3.63) is 84.7 Å². The summed E-state index contributed by atoms with van der Waals surface area (Å²) in [6.45, 7) is 4.80. The van der Waals surface area contributed by atoms with Crippen LogP contribution in [0.1, 0.15) is 45.1 Å². The van der Waals surface area contributed by atoms with E-state index in [4.69, 9.17) is 29.0 Å². The number of aliphatic hydroxyl groups is 2. The van der Waals surface area contributed by atoms with Crippen LogP contribution in [0.4, 0.5) is 5.95 Å². The van der Waals surface area contributed by atoms with E-state index in [-0.39, 0.29) is 24.9 Å². The molecule has 1 aliphatic rings. The minimum atomic E-state index is -4.23. The van der Waals surface area contributed by atoms with Crippen LogP contribution in [0.15, 0.2) is 79.1 Å². The molecule has 0 spiro atoms. The molecule has 7 atom stereocenters. The van der Waals surface area contributed by atoms with Crippen molar-refractivity contribution >= 4 is 35.6 Å². The highest BCUT2D eigenvalue weighted by Crippen LogP contribution is 2.49. The smallest absolute Gasteiger partial charge is 0.459 e. The van der Waals surface area contributed by atoms with Crippen LogP contribution in [0.2, 0.25) is 0 Å². The van der Waals surface area contributed by atoms with Gasteiger partial charge in [-0.05, 0) is 37.8 Å². The zero-order valence-electron chi connectivity index (χ0n) is 27.0. The highest BCUT2D eigenvalue weighted by Gasteiger charge is 2.47. The molecule has 0 saturated carbocycles. The number of fused-ring (bicyclic) bond motifs is 2. The lowest BCUT2D eigenvalue weighted by Gasteiger charge is -2.28. The summed E-state index contributed by atoms with van der Waals surface area (Å²) in [6.07, 6.45) is -1.93. The third-order valence-corrected chi connectivity index (χ3v) is 9.80. The fourth-order valence-corrected chi connectivity index (χ4v) is 7.33. The van der Waals surface area contributed by atoms with E-state index in [0.29, 0.717) is 16.9 Å². The zero-order valence-corrected chi connectivity index (χ0v) is 27.9. The monoisotopic (exact) mass is 678 g/mol. The number of hydrogen-bond donors (Lipinski definition) is 4. The van der Waals surface area contributed by atoms with Gasteiger partial charge in [-0.1, -0.05) is 66.7 Å². The molecule has 6 rings (SSSR count). The van der Waals surface area contributed by atoms with E-state index >= 15 is 0 Å². The molecule has 48 heavy (non-hydrogen) atoms. The average molecular weight is 679 g/mol. The van der Waals surface area contributed by atoms with Gasteiger partial charge in [-0.15, -0.1) is 0 Å². The van der Waals surface area contributed by atoms with Crippen molar-refractivity contribution in [3.63, 3.8) is 0 Å². The van der Waals surface area contributed by atoms with Gasteiger partial charge in [-0.25, -0.2) is 14.6 Å². The number of nitrogens with one attached hydrogen (secondary N) is 1. The summed E-state index contributed by atoms with van der Waals surface area (Å²) in [5, 5.41) is 26.8. The highest BCUT2D eigenvalue weighted by molar-refractivity contribution is 7.52. The maximum Gasteiger partial charge on any atom is 0.459 e. The molecular formula is C33H39N6O8P. The second-order valence-corrected chi connectivity index (χ2v) is 13.6. The number of ether oxygens (including phenoxy) is 3. The molecule has 3 heterocycles. The van der Waals surface area contributed by atoms with Gasteiger partial charge in [0.2, 0.25) is 11.8 Å². The highest BCUT2D eigenvalue weighted by atomic mass is 31.2. The first-order valence-corrected chi connectivity index (χ1v) is 17.0. The number of aromatic nitrogens is 4. The lowest BCUT2D eigenvalue weighted by atomic mass is 10.0. The number of nitrogen functional groups attached to an aromatic ring is 1. The van der Waals surface area contributed by atoms with Crippen LogP contribution in [0, 0.1) is 0 Å². The van der Waals surface area contributed by atoms with Gasteiger partial charge in [0.1, 0.15) is 11.4 Å². The molecular weight excluding hydrogens is 639 g/mol. The summed E-state index contributed by atoms with van der Waals surface area (Å²) in [4.78, 5) is 12.7. The summed E-state index contributed by atoms with van der Waals surface area (Å²) < 4.78 is 45.6. The minimum absolute atomic E-state index is 0.0327. The number of methoxy groups -OCH3 is 1. The number of aliphatic hydroxyl groups excluding tert-OH is 1. The molecule has 5 aromatic rings. The summed E-state index contributed by atoms with van der Waals surface area (Å²) in [6, 6.07) is 21.4. The van der Waals surface area contributed by atoms with E-state index in [2.05, 4.69) is 20.0 Å². The maximum absolute atomic E-state index is 14.5. The van der Waals surface area contributed by atoms with Crippen molar-refractivity contribution in [1.82, 2.24) is 24.6 Å². The predicted octanol–water partition coefficient (Wildman–Crippen LogP) is 4.89. The third kappa shape index (κ3) is 7.15. The van der Waals surface area contributed by atoms with Crippen LogP contribution in [0.3, 0.4) is 0 Å². The Morgan fingerprint density at radius 3 is 2.60 bits per heavy atom. The second-order valence-electron chi connectivity index (χ2n) is 11.9. The van der Waals surface area contributed by atoms with Gasteiger partial charge in [0.25, 0.3) is 0 Å². The molecule has 0 amide bonds. The number of rotatable bonds is 13. The SMILES string of the molecule is COc1nc(N)nc2c1ncn2C1OC(COP(=O)(NC(C)C(O)OC(C)c2ccccc2)Oc2cccc3ccccc23)CC1(C)O. The van der Waals surface area contributed by atoms with Crippen LogP contribution < -0.4 is 20.1 Å². The Kier molecular flexibility index (Phi) is 9.68. The first-order chi connectivity index (χ1) is 23.0. The van der Waals surface area contributed by atoms with E-state index in [9.17, 15) is 14.8 Å². The van der Waals surface area contributed by atoms with Gasteiger partial charge in [-0.3, -0.25) is 9.09 Å². The molecule has 0 bridgehead atoms. The number of hydrogen-bond acceptors (Lipinski definition) is 12. The molecule has 254 valence electrons. The van der Waals surface area contributed by atoms with E-state index in [1.165, 1.54) is 13.4 Å². The first-order valence-electron chi connectivity index (χ1n) is 15.5. The molecule has 3 aromatic carbocycles. The minimum Gasteiger partial charge on any atom is -0.479 e. The predicted molar refractivity (Wildman–Crippen MR) is 178 cm³/mol. The topological polar surface area (TPSA) is 185 Å². The number of anilines is 1. The van der Waals surface area contributed by atoms with Crippen molar-refractivity contribution in [2.45, 2.75) is 63.6 Å². The lowest BCUT2D eigenvalue weighted by Crippen LogP contribution is -2.39. The van der Waals surface area contributed by atoms with Gasteiger partial charge < -0.3 is 34.7 Å². The van der Waals surface area contributed by atoms with Crippen molar-refractivity contribution in [2.24, 2.45) is 0 Å². The van der Waals surface area contributed by atoms with Crippen LogP contribution in [0.25, 0.3) is 21.9 Å². The first kappa shape index (κ1) is 33.7. The van der Waals surface area contributed by atoms with Crippen LogP contribution in [-0.2, 0) is 18.6 Å². The largest absolute Gasteiger partial charge is 0.479 e. The van der Waals surface area contributed by atoms with Crippen molar-refractivity contribution < 1.29 is 38.0 Å². The number of nitrogens with two attached hydrogens (primary N) is 1. The maximum atomic E-state index is 14.5. The molecule has 1 aliphatic heterocycles. The van der Waals surface area contributed by atoms with Crippen LogP contribution in [0.5, 0.6) is 11.6 Å². The van der Waals surface area contributed by atoms with E-state index in [1.807, 2.05) is 67.6 Å². The normalized spacial score (nSPS) is 22.7. The molecule has 0 aliphatic carbocycles. The van der Waals surface area contributed by atoms with Gasteiger partial charge in [0.05, 0.1) is 38.3 Å². The molecule has 7 unspecified atom stereocenters. The quantitative estimate of drug-likeness (QED) is 0.0976. The fraction of sp³-hybridized carbons (Fsp3) is 0.364. The zero-order chi connectivity index (χ0) is 34.1. The van der Waals surface area contributed by atoms with Crippen molar-refractivity contribution in [1.29, 1.82) is 0 Å². The summed E-state index contributed by atoms with van der Waals surface area (Å²) >= 11 is 0. The van der Waals surface area contributed by atoms with Crippen LogP contribution >= 0.6 is 7.75 Å². The van der Waals surface area contributed by atoms with Crippen molar-refractivity contribution in [2.75, 3.05) is 19.5 Å². The molecule has 5 N–H and O–H groups in total. The Balaban J connectivity index is 1.22. The summed E-state index contributed by atoms with van der Waals surface area (Å²) in [7, 11) is -2.78. The van der Waals surface area contributed by atoms with Gasteiger partial charge >= 0.3 is 7.75 Å². The Labute approximate surface area is 277 Å². The Morgan fingerprint density at radius 1 is 1.10 bits per heavy atom. The standard InChI is InChI=1S/C33H39N6O8P/c1-20(30(40)45-21(2)22-11-6-5-7-12-22)38-48(42,47-26-16-10-14-23-13-8-9-15-25(23)26)44-18-24-17-33(3,41)31(46-24)39-19-35-27-28(39)36-32(34)37-29(27)43-4/h5-16,19-21,24,30-31,40-41H,17-18H2,1-4H3,(H,38,42)(H2,34,36,37). The molecule has 15 heteroatoms. The van der Waals surface area contributed by atoms with Crippen LogP contribution in [-0.4, -0.2) is 67.5 Å². The Morgan fingerprint density at radius 2 is 1.83 bits per heavy atom. The number of nitrogens with zero attached hydrogens (tertiary/aromatic N) is 4. The fourth-order valence-electron chi connectivity index (χ4n) is 5.74. The van der Waals surface area contributed by atoms with Crippen molar-refractivity contribution in [3.8, 4) is 11.6 Å². The molecule has 2 aromatic heterocycles. The lowest BCUT2D eigenvalue weighted by molar-refractivity contribution is -0.145. The molecule has 0 radical (unpaired) electrons. The third-order valence-electron chi connectivity index (χ3n) is 8.15. The van der Waals surface area contributed by atoms with Gasteiger partial charge in [0.15, 0.2) is 23.7 Å². The number of imidazole rings is 1. The summed E-state index contributed by atoms with van der Waals surface area (Å²) in [5.41, 5.74) is 6.00. The Hall–Kier alpha value is -4.14. The molecule has 1 saturated heterocycles. The number of benzene rings is 3. The van der Waals surface area contributed by atoms with Gasteiger partial charge in [0, 0.05) is 11.8 Å². The van der Waals surface area contributed by atoms with E-state index in [1.54, 1.807) is 30.5 Å². The molecule has 14 nitrogen and oxygen atoms in total. The summed E-state index contributed by atoms with van der Waals surface area (Å²) in [5.74, 6) is 0.469. The van der Waals surface area contributed by atoms with E-state index < -0.39 is 44.1 Å².